The first kappa shape index (κ1) is 10.3. The molecule has 1 rings (SSSR count). The van der Waals surface area contributed by atoms with E-state index in [1.807, 2.05) is 30.3 Å². The summed E-state index contributed by atoms with van der Waals surface area (Å²) in [5.41, 5.74) is 3.88. The SMILES string of the molecule is N#CCCCC=NNc1ccccc1. The summed E-state index contributed by atoms with van der Waals surface area (Å²) in [6.07, 6.45) is 4.10. The summed E-state index contributed by atoms with van der Waals surface area (Å²) in [4.78, 5) is 0. The van der Waals surface area contributed by atoms with Gasteiger partial charge in [0.15, 0.2) is 0 Å². The van der Waals surface area contributed by atoms with Crippen LogP contribution >= 0.6 is 0 Å². The van der Waals surface area contributed by atoms with Crippen LogP contribution in [0.1, 0.15) is 19.3 Å². The van der Waals surface area contributed by atoms with Crippen LogP contribution in [0.3, 0.4) is 0 Å². The summed E-state index contributed by atoms with van der Waals surface area (Å²) >= 11 is 0. The van der Waals surface area contributed by atoms with Crippen molar-refractivity contribution in [2.24, 2.45) is 5.10 Å². The van der Waals surface area contributed by atoms with Crippen LogP contribution in [0.2, 0.25) is 0 Å². The first-order valence-corrected chi connectivity index (χ1v) is 4.63. The highest BCUT2D eigenvalue weighted by Crippen LogP contribution is 2.03. The molecule has 0 aliphatic rings. The zero-order chi connectivity index (χ0) is 10.1. The molecule has 0 spiro atoms. The Kier molecular flexibility index (Phi) is 4.89. The molecule has 0 aliphatic carbocycles. The average Bonchev–Trinajstić information content (AvgIpc) is 2.25. The van der Waals surface area contributed by atoms with Gasteiger partial charge >= 0.3 is 0 Å². The van der Waals surface area contributed by atoms with E-state index < -0.39 is 0 Å². The van der Waals surface area contributed by atoms with Crippen LogP contribution in [-0.4, -0.2) is 6.21 Å². The molecule has 3 heteroatoms. The second-order valence-electron chi connectivity index (χ2n) is 2.84. The number of rotatable bonds is 5. The predicted octanol–water partition coefficient (Wildman–Crippen LogP) is 2.78. The molecule has 0 aliphatic heterocycles. The van der Waals surface area contributed by atoms with E-state index in [4.69, 9.17) is 5.26 Å². The van der Waals surface area contributed by atoms with Gasteiger partial charge in [-0.2, -0.15) is 10.4 Å². The molecule has 0 unspecified atom stereocenters. The lowest BCUT2D eigenvalue weighted by molar-refractivity contribution is 0.911. The van der Waals surface area contributed by atoms with E-state index in [0.29, 0.717) is 6.42 Å². The molecular formula is C11H13N3. The summed E-state index contributed by atoms with van der Waals surface area (Å²) in [6.45, 7) is 0. The van der Waals surface area contributed by atoms with Gasteiger partial charge in [0.2, 0.25) is 0 Å². The lowest BCUT2D eigenvalue weighted by Crippen LogP contribution is -1.88. The van der Waals surface area contributed by atoms with Gasteiger partial charge in [-0.15, -0.1) is 0 Å². The van der Waals surface area contributed by atoms with Crippen molar-refractivity contribution in [3.05, 3.63) is 30.3 Å². The summed E-state index contributed by atoms with van der Waals surface area (Å²) in [5.74, 6) is 0. The highest BCUT2D eigenvalue weighted by atomic mass is 15.3. The Morgan fingerprint density at radius 3 is 2.86 bits per heavy atom. The van der Waals surface area contributed by atoms with Crippen molar-refractivity contribution >= 4 is 11.9 Å². The van der Waals surface area contributed by atoms with Crippen LogP contribution in [0.5, 0.6) is 0 Å². The Hall–Kier alpha value is -1.82. The lowest BCUT2D eigenvalue weighted by Gasteiger charge is -1.97. The first-order chi connectivity index (χ1) is 6.93. The van der Waals surface area contributed by atoms with E-state index in [1.165, 1.54) is 0 Å². The number of nitrogens with zero attached hydrogens (tertiary/aromatic N) is 2. The first-order valence-electron chi connectivity index (χ1n) is 4.63. The molecule has 0 atom stereocenters. The third-order valence-electron chi connectivity index (χ3n) is 1.68. The van der Waals surface area contributed by atoms with Gasteiger partial charge in [-0.3, -0.25) is 5.43 Å². The molecule has 0 bridgehead atoms. The Labute approximate surface area is 84.1 Å². The number of nitrogens with one attached hydrogen (secondary N) is 1. The number of hydrogen-bond acceptors (Lipinski definition) is 3. The van der Waals surface area contributed by atoms with E-state index in [2.05, 4.69) is 16.6 Å². The van der Waals surface area contributed by atoms with Gasteiger partial charge < -0.3 is 0 Å². The average molecular weight is 187 g/mol. The number of para-hydroxylation sites is 1. The van der Waals surface area contributed by atoms with Crippen molar-refractivity contribution in [3.63, 3.8) is 0 Å². The number of unbranched alkanes of at least 4 members (excludes halogenated alkanes) is 2. The van der Waals surface area contributed by atoms with Gasteiger partial charge in [0, 0.05) is 12.6 Å². The number of hydrazone groups is 1. The Morgan fingerprint density at radius 1 is 1.36 bits per heavy atom. The van der Waals surface area contributed by atoms with Gasteiger partial charge in [0.05, 0.1) is 11.8 Å². The maximum Gasteiger partial charge on any atom is 0.0621 e. The molecule has 0 heterocycles. The van der Waals surface area contributed by atoms with Gasteiger partial charge in [-0.25, -0.2) is 0 Å². The molecule has 0 aromatic heterocycles. The molecule has 0 fully saturated rings. The van der Waals surface area contributed by atoms with Crippen LogP contribution in [-0.2, 0) is 0 Å². The van der Waals surface area contributed by atoms with E-state index in [9.17, 15) is 0 Å². The molecule has 0 saturated carbocycles. The topological polar surface area (TPSA) is 48.2 Å². The predicted molar refractivity (Wildman–Crippen MR) is 58.0 cm³/mol. The second kappa shape index (κ2) is 6.67. The zero-order valence-electron chi connectivity index (χ0n) is 7.98. The van der Waals surface area contributed by atoms with E-state index >= 15 is 0 Å². The fourth-order valence-corrected chi connectivity index (χ4v) is 0.970. The lowest BCUT2D eigenvalue weighted by atomic mass is 10.3. The summed E-state index contributed by atoms with van der Waals surface area (Å²) in [6, 6.07) is 11.9. The standard InChI is InChI=1S/C11H13N3/c12-9-5-2-6-10-13-14-11-7-3-1-4-8-11/h1,3-4,7-8,10,14H,2,5-6H2. The number of benzene rings is 1. The molecule has 14 heavy (non-hydrogen) atoms. The normalized spacial score (nSPS) is 9.93. The molecule has 72 valence electrons. The summed E-state index contributed by atoms with van der Waals surface area (Å²) < 4.78 is 0. The highest BCUT2D eigenvalue weighted by molar-refractivity contribution is 5.59. The van der Waals surface area contributed by atoms with Crippen molar-refractivity contribution in [2.75, 3.05) is 5.43 Å². The molecule has 1 N–H and O–H groups in total. The maximum absolute atomic E-state index is 8.29. The highest BCUT2D eigenvalue weighted by Gasteiger charge is 1.84. The number of hydrogen-bond donors (Lipinski definition) is 1. The molecule has 1 aromatic rings. The van der Waals surface area contributed by atoms with Gasteiger partial charge in [-0.05, 0) is 25.0 Å². The molecule has 0 radical (unpaired) electrons. The van der Waals surface area contributed by atoms with Crippen LogP contribution in [0, 0.1) is 11.3 Å². The fraction of sp³-hybridized carbons (Fsp3) is 0.273. The Morgan fingerprint density at radius 2 is 2.14 bits per heavy atom. The Bertz CT molecular complexity index is 311. The Balaban J connectivity index is 2.18. The summed E-state index contributed by atoms with van der Waals surface area (Å²) in [7, 11) is 0. The largest absolute Gasteiger partial charge is 0.279 e. The third-order valence-corrected chi connectivity index (χ3v) is 1.68. The monoisotopic (exact) mass is 187 g/mol. The van der Waals surface area contributed by atoms with Crippen LogP contribution < -0.4 is 5.43 Å². The molecule has 0 saturated heterocycles. The van der Waals surface area contributed by atoms with Crippen LogP contribution in [0.15, 0.2) is 35.4 Å². The maximum atomic E-state index is 8.29. The third kappa shape index (κ3) is 4.27. The minimum Gasteiger partial charge on any atom is -0.279 e. The second-order valence-corrected chi connectivity index (χ2v) is 2.84. The van der Waals surface area contributed by atoms with Crippen molar-refractivity contribution < 1.29 is 0 Å². The molecular weight excluding hydrogens is 174 g/mol. The van der Waals surface area contributed by atoms with Crippen molar-refractivity contribution in [1.82, 2.24) is 0 Å². The van der Waals surface area contributed by atoms with E-state index in [0.717, 1.165) is 18.5 Å². The van der Waals surface area contributed by atoms with Crippen molar-refractivity contribution in [1.29, 1.82) is 5.26 Å². The molecule has 3 nitrogen and oxygen atoms in total. The van der Waals surface area contributed by atoms with Gasteiger partial charge in [0.1, 0.15) is 0 Å². The fourth-order valence-electron chi connectivity index (χ4n) is 0.970. The van der Waals surface area contributed by atoms with E-state index in [1.54, 1.807) is 6.21 Å². The van der Waals surface area contributed by atoms with Crippen molar-refractivity contribution in [3.8, 4) is 6.07 Å². The molecule has 0 amide bonds. The van der Waals surface area contributed by atoms with Gasteiger partial charge in [-0.1, -0.05) is 18.2 Å². The number of anilines is 1. The summed E-state index contributed by atoms with van der Waals surface area (Å²) in [5, 5.41) is 12.3. The zero-order valence-corrected chi connectivity index (χ0v) is 7.98. The van der Waals surface area contributed by atoms with Crippen molar-refractivity contribution in [2.45, 2.75) is 19.3 Å². The van der Waals surface area contributed by atoms with Crippen LogP contribution in [0.25, 0.3) is 0 Å². The minimum atomic E-state index is 0.595. The number of nitriles is 1. The quantitative estimate of drug-likeness (QED) is 0.437. The molecule has 1 aromatic carbocycles. The smallest absolute Gasteiger partial charge is 0.0621 e. The van der Waals surface area contributed by atoms with Gasteiger partial charge in [0.25, 0.3) is 0 Å². The minimum absolute atomic E-state index is 0.595. The van der Waals surface area contributed by atoms with Crippen LogP contribution in [0.4, 0.5) is 5.69 Å². The van der Waals surface area contributed by atoms with E-state index in [-0.39, 0.29) is 0 Å².